The highest BCUT2D eigenvalue weighted by atomic mass is 32.3. The van der Waals surface area contributed by atoms with Gasteiger partial charge in [-0.05, 0) is 20.3 Å². The van der Waals surface area contributed by atoms with E-state index in [4.69, 9.17) is 9.47 Å². The molecule has 0 N–H and O–H groups in total. The molecule has 0 aromatic rings. The molecule has 232 valence electrons. The number of quaternary nitrogens is 1. The van der Waals surface area contributed by atoms with Gasteiger partial charge in [0.15, 0.2) is 0 Å². The number of methoxy groups -OCH3 is 1. The minimum absolute atomic E-state index is 0.292. The van der Waals surface area contributed by atoms with Crippen LogP contribution in [0, 0.1) is 0 Å². The smallest absolute Gasteiger partial charge is 0.314 e. The maximum atomic E-state index is 12.1. The Labute approximate surface area is 237 Å². The summed E-state index contributed by atoms with van der Waals surface area (Å²) in [6.45, 7) is 6.99. The molecule has 10 heteroatoms. The van der Waals surface area contributed by atoms with Crippen LogP contribution in [0.4, 0.5) is 0 Å². The Balaban J connectivity index is 0. The van der Waals surface area contributed by atoms with Crippen LogP contribution in [0.3, 0.4) is 0 Å². The third-order valence-electron chi connectivity index (χ3n) is 6.63. The van der Waals surface area contributed by atoms with Crippen LogP contribution in [0.2, 0.25) is 0 Å². The van der Waals surface area contributed by atoms with Gasteiger partial charge in [-0.15, -0.1) is 3.63 Å². The second-order valence-corrected chi connectivity index (χ2v) is 15.3. The van der Waals surface area contributed by atoms with Crippen LogP contribution in [0.5, 0.6) is 0 Å². The van der Waals surface area contributed by atoms with E-state index in [1.54, 1.807) is 0 Å². The van der Waals surface area contributed by atoms with Gasteiger partial charge in [0.2, 0.25) is 4.93 Å². The van der Waals surface area contributed by atoms with E-state index in [0.717, 1.165) is 23.7 Å². The van der Waals surface area contributed by atoms with Crippen molar-refractivity contribution in [3.05, 3.63) is 0 Å². The van der Waals surface area contributed by atoms with Crippen LogP contribution in [0.25, 0.3) is 0 Å². The number of hydrogen-bond acceptors (Lipinski definition) is 7. The number of unbranched alkanes of at least 4 members (excludes halogenated alkanes) is 15. The molecule has 0 aliphatic heterocycles. The van der Waals surface area contributed by atoms with Gasteiger partial charge in [-0.3, -0.25) is 0 Å². The largest absolute Gasteiger partial charge is 0.377 e. The summed E-state index contributed by atoms with van der Waals surface area (Å²) in [5.41, 5.74) is 0. The summed E-state index contributed by atoms with van der Waals surface area (Å²) in [6.07, 6.45) is 21.2. The van der Waals surface area contributed by atoms with Gasteiger partial charge in [-0.25, -0.2) is 0 Å². The van der Waals surface area contributed by atoms with Gasteiger partial charge in [0, 0.05) is 13.7 Å². The molecule has 0 saturated heterocycles. The molecular formula is C28H62NO7S2+. The number of rotatable bonds is 24. The lowest BCUT2D eigenvalue weighted by molar-refractivity contribution is -0.868. The molecule has 8 nitrogen and oxygen atoms in total. The van der Waals surface area contributed by atoms with E-state index < -0.39 is 25.2 Å². The molecule has 1 unspecified atom stereocenters. The molecule has 0 heterocycles. The highest BCUT2D eigenvalue weighted by Gasteiger charge is 2.43. The van der Waals surface area contributed by atoms with E-state index in [1.807, 2.05) is 0 Å². The molecule has 0 aliphatic carbocycles. The standard InChI is InChI=1S/C23H48O7S2.C5H14N/c1-5-6-7-8-9-10-11-12-13-14-15-16-17-18-19-20-21-29-22-23(2,28-3)32(26,27)30-31(4,24)25;1-5-6(2,3)4/h5-22H2,1-4H3;5H2,1-4H3/q;+1. The maximum absolute atomic E-state index is 12.1. The number of ether oxygens (including phenoxy) is 2. The van der Waals surface area contributed by atoms with E-state index in [1.165, 1.54) is 104 Å². The van der Waals surface area contributed by atoms with Crippen molar-refractivity contribution in [1.29, 1.82) is 0 Å². The normalized spacial score (nSPS) is 14.1. The fourth-order valence-corrected chi connectivity index (χ4v) is 5.79. The Morgan fingerprint density at radius 3 is 1.29 bits per heavy atom. The number of nitrogens with zero attached hydrogens (tertiary/aromatic N) is 1. The first-order valence-electron chi connectivity index (χ1n) is 14.7. The van der Waals surface area contributed by atoms with Gasteiger partial charge in [-0.1, -0.05) is 103 Å². The first-order valence-corrected chi connectivity index (χ1v) is 18.0. The lowest BCUT2D eigenvalue weighted by atomic mass is 10.0. The Kier molecular flexibility index (Phi) is 23.5. The molecule has 0 fully saturated rings. The third kappa shape index (κ3) is 24.8. The summed E-state index contributed by atoms with van der Waals surface area (Å²) >= 11 is 0. The minimum atomic E-state index is -4.49. The molecule has 0 rings (SSSR count). The molecule has 0 spiro atoms. The summed E-state index contributed by atoms with van der Waals surface area (Å²) in [5.74, 6) is 0. The highest BCUT2D eigenvalue weighted by Crippen LogP contribution is 2.22. The van der Waals surface area contributed by atoms with Gasteiger partial charge < -0.3 is 14.0 Å². The van der Waals surface area contributed by atoms with Crippen molar-refractivity contribution < 1.29 is 34.4 Å². The summed E-state index contributed by atoms with van der Waals surface area (Å²) in [6, 6.07) is 0. The average Bonchev–Trinajstić information content (AvgIpc) is 2.81. The first kappa shape index (κ1) is 39.9. The van der Waals surface area contributed by atoms with Gasteiger partial charge in [-0.2, -0.15) is 16.8 Å². The summed E-state index contributed by atoms with van der Waals surface area (Å²) < 4.78 is 62.2. The van der Waals surface area contributed by atoms with Crippen LogP contribution in [0.1, 0.15) is 124 Å². The molecule has 0 bridgehead atoms. The van der Waals surface area contributed by atoms with Crippen molar-refractivity contribution in [2.24, 2.45) is 0 Å². The monoisotopic (exact) mass is 588 g/mol. The van der Waals surface area contributed by atoms with Crippen molar-refractivity contribution in [3.63, 3.8) is 0 Å². The van der Waals surface area contributed by atoms with E-state index in [-0.39, 0.29) is 6.61 Å². The Hall–Kier alpha value is -0.260. The Morgan fingerprint density at radius 1 is 0.658 bits per heavy atom. The van der Waals surface area contributed by atoms with Crippen LogP contribution < -0.4 is 0 Å². The molecule has 0 aromatic carbocycles. The molecule has 38 heavy (non-hydrogen) atoms. The second kappa shape index (κ2) is 22.4. The number of hydrogen-bond donors (Lipinski definition) is 0. The third-order valence-corrected chi connectivity index (χ3v) is 9.68. The van der Waals surface area contributed by atoms with Crippen molar-refractivity contribution >= 4 is 20.2 Å². The van der Waals surface area contributed by atoms with Crippen molar-refractivity contribution in [2.75, 3.05) is 54.3 Å². The summed E-state index contributed by atoms with van der Waals surface area (Å²) in [4.78, 5) is -1.87. The average molecular weight is 589 g/mol. The van der Waals surface area contributed by atoms with Crippen molar-refractivity contribution in [3.8, 4) is 0 Å². The van der Waals surface area contributed by atoms with Crippen LogP contribution in [0.15, 0.2) is 0 Å². The maximum Gasteiger partial charge on any atom is 0.314 e. The predicted molar refractivity (Wildman–Crippen MR) is 159 cm³/mol. The molecule has 0 radical (unpaired) electrons. The lowest BCUT2D eigenvalue weighted by Gasteiger charge is -2.26. The van der Waals surface area contributed by atoms with E-state index in [2.05, 4.69) is 38.6 Å². The zero-order valence-electron chi connectivity index (χ0n) is 26.1. The predicted octanol–water partition coefficient (Wildman–Crippen LogP) is 6.65. The van der Waals surface area contributed by atoms with Crippen molar-refractivity contribution in [2.45, 2.75) is 128 Å². The molecule has 0 aromatic heterocycles. The van der Waals surface area contributed by atoms with Gasteiger partial charge in [0.1, 0.15) is 0 Å². The van der Waals surface area contributed by atoms with Gasteiger partial charge in [0.05, 0.1) is 40.6 Å². The quantitative estimate of drug-likeness (QED) is 0.0920. The van der Waals surface area contributed by atoms with Gasteiger partial charge >= 0.3 is 10.1 Å². The zero-order chi connectivity index (χ0) is 29.6. The Bertz CT molecular complexity index is 750. The minimum Gasteiger partial charge on any atom is -0.377 e. The lowest BCUT2D eigenvalue weighted by Crippen LogP contribution is -2.44. The van der Waals surface area contributed by atoms with Gasteiger partial charge in [0.25, 0.3) is 10.1 Å². The zero-order valence-corrected chi connectivity index (χ0v) is 27.7. The van der Waals surface area contributed by atoms with E-state index >= 15 is 0 Å². The molecular weight excluding hydrogens is 526 g/mol. The van der Waals surface area contributed by atoms with E-state index in [0.29, 0.717) is 12.9 Å². The Morgan fingerprint density at radius 2 is 1.00 bits per heavy atom. The summed E-state index contributed by atoms with van der Waals surface area (Å²) in [7, 11) is -0.926. The SMILES string of the molecule is CCCCCCCCCCCCCCCCCCOCC(C)(OC)S(=O)(=O)OS(C)(=O)=O.CC[N+](C)(C)C. The fourth-order valence-electron chi connectivity index (χ4n) is 3.48. The van der Waals surface area contributed by atoms with Crippen LogP contribution >= 0.6 is 0 Å². The fraction of sp³-hybridized carbons (Fsp3) is 1.00. The highest BCUT2D eigenvalue weighted by molar-refractivity contribution is 8.00. The first-order chi connectivity index (χ1) is 17.6. The van der Waals surface area contributed by atoms with Crippen LogP contribution in [-0.2, 0) is 33.3 Å². The van der Waals surface area contributed by atoms with E-state index in [9.17, 15) is 16.8 Å². The van der Waals surface area contributed by atoms with Crippen molar-refractivity contribution in [1.82, 2.24) is 0 Å². The molecule has 0 saturated carbocycles. The molecule has 0 aliphatic rings. The topological polar surface area (TPSA) is 96.0 Å². The van der Waals surface area contributed by atoms with Crippen LogP contribution in [-0.4, -0.2) is 80.5 Å². The molecule has 1 atom stereocenters. The molecule has 0 amide bonds. The second-order valence-electron chi connectivity index (χ2n) is 11.5. The summed E-state index contributed by atoms with van der Waals surface area (Å²) in [5, 5.41) is 0.